The Bertz CT molecular complexity index is 676. The van der Waals surface area contributed by atoms with E-state index in [1.807, 2.05) is 18.2 Å². The summed E-state index contributed by atoms with van der Waals surface area (Å²) in [5.74, 6) is 1.44. The second kappa shape index (κ2) is 8.61. The number of aliphatic hydroxyl groups is 2. The summed E-state index contributed by atoms with van der Waals surface area (Å²) in [5, 5.41) is 18.4. The molecule has 0 aliphatic rings. The molecule has 24 heavy (non-hydrogen) atoms. The van der Waals surface area contributed by atoms with Gasteiger partial charge in [-0.25, -0.2) is 9.97 Å². The maximum absolute atomic E-state index is 9.38. The molecule has 1 atom stereocenters. The zero-order valence-corrected chi connectivity index (χ0v) is 14.1. The van der Waals surface area contributed by atoms with Crippen LogP contribution in [0.5, 0.6) is 0 Å². The Kier molecular flexibility index (Phi) is 6.52. The molecule has 0 bridgehead atoms. The van der Waals surface area contributed by atoms with E-state index in [0.29, 0.717) is 28.9 Å². The zero-order valence-electron chi connectivity index (χ0n) is 14.1. The van der Waals surface area contributed by atoms with Crippen molar-refractivity contribution in [2.45, 2.75) is 45.8 Å². The molecule has 6 nitrogen and oxygen atoms in total. The minimum Gasteiger partial charge on any atom is -0.390 e. The average Bonchev–Trinajstić information content (AvgIpc) is 2.59. The second-order valence-corrected chi connectivity index (χ2v) is 6.19. The van der Waals surface area contributed by atoms with Crippen molar-refractivity contribution in [2.24, 2.45) is 5.92 Å². The second-order valence-electron chi connectivity index (χ2n) is 6.19. The SMILES string of the molecule is CC(CCc1ccc(CO)nc1N)CCc1ccc(N)nc1CO. The zero-order chi connectivity index (χ0) is 17.5. The summed E-state index contributed by atoms with van der Waals surface area (Å²) in [6.45, 7) is 2.02. The molecule has 0 fully saturated rings. The van der Waals surface area contributed by atoms with Crippen LogP contribution in [0.2, 0.25) is 0 Å². The smallest absolute Gasteiger partial charge is 0.126 e. The molecule has 2 heterocycles. The number of aliphatic hydroxyl groups excluding tert-OH is 2. The van der Waals surface area contributed by atoms with Gasteiger partial charge in [0.25, 0.3) is 0 Å². The van der Waals surface area contributed by atoms with E-state index in [4.69, 9.17) is 16.6 Å². The highest BCUT2D eigenvalue weighted by Crippen LogP contribution is 2.20. The number of anilines is 2. The Morgan fingerprint density at radius 2 is 1.58 bits per heavy atom. The van der Waals surface area contributed by atoms with Crippen molar-refractivity contribution in [2.75, 3.05) is 11.5 Å². The lowest BCUT2D eigenvalue weighted by Crippen LogP contribution is -2.06. The minimum atomic E-state index is -0.0936. The number of hydrogen-bond donors (Lipinski definition) is 4. The van der Waals surface area contributed by atoms with Crippen LogP contribution in [0.25, 0.3) is 0 Å². The number of nitrogens with zero attached hydrogens (tertiary/aromatic N) is 2. The normalized spacial score (nSPS) is 12.3. The first-order valence-corrected chi connectivity index (χ1v) is 8.23. The fourth-order valence-corrected chi connectivity index (χ4v) is 2.71. The van der Waals surface area contributed by atoms with Gasteiger partial charge in [-0.05, 0) is 54.9 Å². The van der Waals surface area contributed by atoms with Gasteiger partial charge in [-0.1, -0.05) is 19.1 Å². The van der Waals surface area contributed by atoms with Gasteiger partial charge >= 0.3 is 0 Å². The lowest BCUT2D eigenvalue weighted by Gasteiger charge is -2.14. The van der Waals surface area contributed by atoms with Gasteiger partial charge in [0.15, 0.2) is 0 Å². The van der Waals surface area contributed by atoms with Crippen molar-refractivity contribution in [3.05, 3.63) is 46.8 Å². The van der Waals surface area contributed by atoms with Crippen LogP contribution < -0.4 is 11.5 Å². The summed E-state index contributed by atoms with van der Waals surface area (Å²) in [4.78, 5) is 8.35. The maximum atomic E-state index is 9.38. The summed E-state index contributed by atoms with van der Waals surface area (Å²) in [7, 11) is 0. The summed E-state index contributed by atoms with van der Waals surface area (Å²) >= 11 is 0. The first kappa shape index (κ1) is 18.2. The standard InChI is InChI=1S/C18H26N4O2/c1-12(2-4-13-7-9-17(19)22-16(13)11-24)3-5-14-6-8-15(10-23)21-18(14)20/h6-9,12,23-24H,2-5,10-11H2,1H3,(H2,19,22)(H2,20,21). The van der Waals surface area contributed by atoms with Gasteiger partial charge in [0.1, 0.15) is 11.6 Å². The quantitative estimate of drug-likeness (QED) is 0.586. The third-order valence-corrected chi connectivity index (χ3v) is 4.28. The van der Waals surface area contributed by atoms with Crippen molar-refractivity contribution in [3.8, 4) is 0 Å². The Morgan fingerprint density at radius 1 is 0.917 bits per heavy atom. The van der Waals surface area contributed by atoms with Crippen molar-refractivity contribution in [1.29, 1.82) is 0 Å². The molecular formula is C18H26N4O2. The lowest BCUT2D eigenvalue weighted by molar-refractivity contribution is 0.275. The molecule has 0 aliphatic heterocycles. The van der Waals surface area contributed by atoms with E-state index < -0.39 is 0 Å². The van der Waals surface area contributed by atoms with Gasteiger partial charge in [-0.3, -0.25) is 0 Å². The minimum absolute atomic E-state index is 0.0891. The van der Waals surface area contributed by atoms with Crippen molar-refractivity contribution in [3.63, 3.8) is 0 Å². The number of aromatic nitrogens is 2. The Hall–Kier alpha value is -2.18. The molecule has 2 rings (SSSR count). The van der Waals surface area contributed by atoms with Crippen molar-refractivity contribution < 1.29 is 10.2 Å². The molecule has 130 valence electrons. The number of rotatable bonds is 8. The Morgan fingerprint density at radius 3 is 2.21 bits per heavy atom. The summed E-state index contributed by atoms with van der Waals surface area (Å²) in [6.07, 6.45) is 3.72. The highest BCUT2D eigenvalue weighted by Gasteiger charge is 2.09. The largest absolute Gasteiger partial charge is 0.390 e. The fourth-order valence-electron chi connectivity index (χ4n) is 2.71. The molecule has 0 saturated heterocycles. The van der Waals surface area contributed by atoms with E-state index in [0.717, 1.165) is 36.8 Å². The van der Waals surface area contributed by atoms with Crippen LogP contribution in [0.15, 0.2) is 24.3 Å². The van der Waals surface area contributed by atoms with Crippen LogP contribution >= 0.6 is 0 Å². The van der Waals surface area contributed by atoms with Crippen LogP contribution in [0.1, 0.15) is 42.3 Å². The van der Waals surface area contributed by atoms with Gasteiger partial charge in [0.2, 0.25) is 0 Å². The molecule has 0 amide bonds. The number of hydrogen-bond acceptors (Lipinski definition) is 6. The van der Waals surface area contributed by atoms with Crippen LogP contribution in [0.3, 0.4) is 0 Å². The molecule has 6 heteroatoms. The van der Waals surface area contributed by atoms with Crippen LogP contribution in [-0.2, 0) is 26.1 Å². The van der Waals surface area contributed by atoms with Gasteiger partial charge in [0.05, 0.1) is 24.6 Å². The lowest BCUT2D eigenvalue weighted by atomic mass is 9.94. The molecule has 0 aromatic carbocycles. The maximum Gasteiger partial charge on any atom is 0.126 e. The van der Waals surface area contributed by atoms with Gasteiger partial charge in [-0.2, -0.15) is 0 Å². The summed E-state index contributed by atoms with van der Waals surface area (Å²) < 4.78 is 0. The predicted octanol–water partition coefficient (Wildman–Crippen LogP) is 1.83. The van der Waals surface area contributed by atoms with E-state index in [1.54, 1.807) is 6.07 Å². The molecular weight excluding hydrogens is 304 g/mol. The van der Waals surface area contributed by atoms with Gasteiger partial charge in [0, 0.05) is 0 Å². The molecule has 6 N–H and O–H groups in total. The molecule has 0 aliphatic carbocycles. The van der Waals surface area contributed by atoms with Crippen LogP contribution in [0, 0.1) is 5.92 Å². The summed E-state index contributed by atoms with van der Waals surface area (Å²) in [6, 6.07) is 7.46. The summed E-state index contributed by atoms with van der Waals surface area (Å²) in [5.41, 5.74) is 14.9. The average molecular weight is 330 g/mol. The van der Waals surface area contributed by atoms with Crippen LogP contribution in [-0.4, -0.2) is 20.2 Å². The Labute approximate surface area is 142 Å². The third kappa shape index (κ3) is 4.91. The van der Waals surface area contributed by atoms with Gasteiger partial charge < -0.3 is 21.7 Å². The van der Waals surface area contributed by atoms with Crippen molar-refractivity contribution in [1.82, 2.24) is 9.97 Å². The third-order valence-electron chi connectivity index (χ3n) is 4.28. The van der Waals surface area contributed by atoms with E-state index in [1.165, 1.54) is 0 Å². The molecule has 0 saturated carbocycles. The predicted molar refractivity (Wildman–Crippen MR) is 95.0 cm³/mol. The monoisotopic (exact) mass is 330 g/mol. The van der Waals surface area contributed by atoms with Gasteiger partial charge in [-0.15, -0.1) is 0 Å². The molecule has 1 unspecified atom stereocenters. The Balaban J connectivity index is 1.87. The van der Waals surface area contributed by atoms with E-state index in [9.17, 15) is 5.11 Å². The van der Waals surface area contributed by atoms with E-state index in [-0.39, 0.29) is 13.2 Å². The fraction of sp³-hybridized carbons (Fsp3) is 0.444. The highest BCUT2D eigenvalue weighted by molar-refractivity contribution is 5.40. The molecule has 0 radical (unpaired) electrons. The first-order chi connectivity index (χ1) is 11.5. The number of aryl methyl sites for hydroxylation is 2. The number of nitrogen functional groups attached to an aromatic ring is 2. The van der Waals surface area contributed by atoms with Crippen molar-refractivity contribution >= 4 is 11.6 Å². The topological polar surface area (TPSA) is 118 Å². The molecule has 2 aromatic rings. The number of nitrogens with two attached hydrogens (primary N) is 2. The number of pyridine rings is 2. The van der Waals surface area contributed by atoms with E-state index in [2.05, 4.69) is 16.9 Å². The van der Waals surface area contributed by atoms with E-state index >= 15 is 0 Å². The highest BCUT2D eigenvalue weighted by atomic mass is 16.3. The van der Waals surface area contributed by atoms with Crippen LogP contribution in [0.4, 0.5) is 11.6 Å². The molecule has 0 spiro atoms. The molecule has 2 aromatic heterocycles. The first-order valence-electron chi connectivity index (χ1n) is 8.23.